The lowest BCUT2D eigenvalue weighted by atomic mass is 10.1. The topological polar surface area (TPSA) is 133 Å². The molecule has 0 spiro atoms. The van der Waals surface area contributed by atoms with Crippen molar-refractivity contribution in [2.75, 3.05) is 5.75 Å². The number of aromatic nitrogens is 1. The van der Waals surface area contributed by atoms with Crippen molar-refractivity contribution in [2.24, 2.45) is 0 Å². The summed E-state index contributed by atoms with van der Waals surface area (Å²) in [6, 6.07) is 10.6. The van der Waals surface area contributed by atoms with Crippen LogP contribution in [0.15, 0.2) is 50.6 Å². The molecule has 0 aliphatic heterocycles. The van der Waals surface area contributed by atoms with Crippen LogP contribution in [-0.2, 0) is 27.1 Å². The Morgan fingerprint density at radius 1 is 1.14 bits per heavy atom. The molecular weight excluding hydrogens is 510 g/mol. The van der Waals surface area contributed by atoms with E-state index in [2.05, 4.69) is 4.98 Å². The number of pyridine rings is 1. The number of furan rings is 1. The van der Waals surface area contributed by atoms with Crippen molar-refractivity contribution in [3.8, 4) is 6.07 Å². The van der Waals surface area contributed by atoms with Crippen LogP contribution < -0.4 is 5.56 Å². The van der Waals surface area contributed by atoms with Crippen molar-refractivity contribution >= 4 is 34.7 Å². The van der Waals surface area contributed by atoms with Gasteiger partial charge in [0.05, 0.1) is 21.9 Å². The summed E-state index contributed by atoms with van der Waals surface area (Å²) in [6.07, 6.45) is -9.95. The molecule has 0 bridgehead atoms. The molecular formula is C20H12F6N2O6S. The zero-order chi connectivity index (χ0) is 26.4. The first-order valence-corrected chi connectivity index (χ1v) is 10.0. The summed E-state index contributed by atoms with van der Waals surface area (Å²) in [5.41, 5.74) is -2.49. The Hall–Kier alpha value is -3.93. The smallest absolute Gasteiger partial charge is 0.475 e. The maximum atomic E-state index is 13.0. The van der Waals surface area contributed by atoms with Crippen LogP contribution in [0.4, 0.5) is 26.3 Å². The quantitative estimate of drug-likeness (QED) is 0.285. The fraction of sp³-hybridized carbons (Fsp3) is 0.200. The highest BCUT2D eigenvalue weighted by atomic mass is 32.2. The Morgan fingerprint density at radius 3 is 2.31 bits per heavy atom. The van der Waals surface area contributed by atoms with Crippen LogP contribution in [0, 0.1) is 11.3 Å². The van der Waals surface area contributed by atoms with E-state index in [9.17, 15) is 35.9 Å². The van der Waals surface area contributed by atoms with Gasteiger partial charge in [0.25, 0.3) is 0 Å². The Kier molecular flexibility index (Phi) is 8.58. The summed E-state index contributed by atoms with van der Waals surface area (Å²) in [5.74, 6) is -3.49. The van der Waals surface area contributed by atoms with Crippen LogP contribution in [0.25, 0.3) is 11.0 Å². The molecule has 35 heavy (non-hydrogen) atoms. The number of rotatable bonds is 5. The summed E-state index contributed by atoms with van der Waals surface area (Å²) in [5, 5.41) is 16.6. The number of carbonyl (C=O) groups is 2. The molecule has 1 aromatic carbocycles. The average molecular weight is 522 g/mol. The number of para-hydroxylation sites is 1. The van der Waals surface area contributed by atoms with Gasteiger partial charge >= 0.3 is 24.3 Å². The molecule has 0 unspecified atom stereocenters. The van der Waals surface area contributed by atoms with Gasteiger partial charge in [0.1, 0.15) is 24.0 Å². The number of esters is 1. The first kappa shape index (κ1) is 27.3. The second kappa shape index (κ2) is 11.0. The lowest BCUT2D eigenvalue weighted by Gasteiger charge is -2.11. The first-order chi connectivity index (χ1) is 16.2. The molecule has 2 aromatic heterocycles. The number of nitrogens with zero attached hydrogens (tertiary/aromatic N) is 1. The number of halogens is 6. The van der Waals surface area contributed by atoms with Gasteiger partial charge in [-0.05, 0) is 12.1 Å². The fourth-order valence-corrected chi connectivity index (χ4v) is 3.23. The molecule has 2 N–H and O–H groups in total. The van der Waals surface area contributed by atoms with Crippen LogP contribution >= 0.6 is 11.8 Å². The lowest BCUT2D eigenvalue weighted by Crippen LogP contribution is -2.21. The number of alkyl halides is 6. The summed E-state index contributed by atoms with van der Waals surface area (Å²) in [4.78, 5) is 34.4. The van der Waals surface area contributed by atoms with Gasteiger partial charge in [-0.1, -0.05) is 30.0 Å². The average Bonchev–Trinajstić information content (AvgIpc) is 3.18. The van der Waals surface area contributed by atoms with Gasteiger partial charge in [-0.25, -0.2) is 4.79 Å². The van der Waals surface area contributed by atoms with Crippen molar-refractivity contribution < 1.29 is 50.2 Å². The number of aromatic amines is 1. The third-order valence-electron chi connectivity index (χ3n) is 3.85. The number of hydrogen-bond acceptors (Lipinski definition) is 7. The first-order valence-electron chi connectivity index (χ1n) is 9.03. The molecule has 0 saturated carbocycles. The van der Waals surface area contributed by atoms with Crippen LogP contribution in [0.2, 0.25) is 0 Å². The van der Waals surface area contributed by atoms with Gasteiger partial charge in [0.2, 0.25) is 5.56 Å². The standard InChI is InChI=1S/C18H11F3N2O4S.C2HF3O2/c19-18(20,21)13-6-15(24)23-17(12(13)7-22)28-9-16(25)26-8-11-5-10-3-1-2-4-14(10)27-11;3-2(4,5)1(6)7/h1-6H,8-9H2,(H,23,24);(H,6,7). The minimum Gasteiger partial charge on any atom is -0.475 e. The number of carbonyl (C=O) groups excluding carboxylic acids is 1. The molecule has 2 heterocycles. The normalized spacial score (nSPS) is 11.3. The highest BCUT2D eigenvalue weighted by molar-refractivity contribution is 7.99. The summed E-state index contributed by atoms with van der Waals surface area (Å²) < 4.78 is 81.2. The van der Waals surface area contributed by atoms with Crippen molar-refractivity contribution in [1.82, 2.24) is 4.98 Å². The van der Waals surface area contributed by atoms with Crippen LogP contribution in [0.1, 0.15) is 16.9 Å². The second-order valence-corrected chi connectivity index (χ2v) is 7.35. The van der Waals surface area contributed by atoms with Crippen molar-refractivity contribution in [3.63, 3.8) is 0 Å². The molecule has 3 rings (SSSR count). The zero-order valence-corrected chi connectivity index (χ0v) is 17.8. The summed E-state index contributed by atoms with van der Waals surface area (Å²) >= 11 is 0.581. The van der Waals surface area contributed by atoms with E-state index in [0.717, 1.165) is 5.39 Å². The molecule has 0 aliphatic rings. The van der Waals surface area contributed by atoms with Gasteiger partial charge in [0, 0.05) is 11.5 Å². The number of thioether (sulfide) groups is 1. The highest BCUT2D eigenvalue weighted by Crippen LogP contribution is 2.34. The molecule has 0 amide bonds. The minimum absolute atomic E-state index is 0.154. The van der Waals surface area contributed by atoms with Crippen molar-refractivity contribution in [3.05, 3.63) is 63.6 Å². The van der Waals surface area contributed by atoms with Gasteiger partial charge in [-0.3, -0.25) is 9.59 Å². The SMILES string of the molecule is N#Cc1c(C(F)(F)F)cc(=O)[nH]c1SCC(=O)OCc1cc2ccccc2o1.O=C(O)C(F)(F)F. The van der Waals surface area contributed by atoms with E-state index in [1.54, 1.807) is 18.2 Å². The highest BCUT2D eigenvalue weighted by Gasteiger charge is 2.38. The maximum absolute atomic E-state index is 13.0. The molecule has 0 aliphatic carbocycles. The van der Waals surface area contributed by atoms with Gasteiger partial charge in [0.15, 0.2) is 0 Å². The van der Waals surface area contributed by atoms with E-state index in [1.807, 2.05) is 12.1 Å². The molecule has 3 aromatic rings. The number of nitrogens with one attached hydrogen (secondary N) is 1. The van der Waals surface area contributed by atoms with Gasteiger partial charge in [-0.15, -0.1) is 0 Å². The summed E-state index contributed by atoms with van der Waals surface area (Å²) in [7, 11) is 0. The van der Waals surface area contributed by atoms with E-state index in [-0.39, 0.29) is 11.6 Å². The number of carboxylic acids is 1. The molecule has 0 fully saturated rings. The molecule has 0 radical (unpaired) electrons. The van der Waals surface area contributed by atoms with Crippen LogP contribution in [0.3, 0.4) is 0 Å². The van der Waals surface area contributed by atoms with Gasteiger partial charge in [-0.2, -0.15) is 31.6 Å². The van der Waals surface area contributed by atoms with Crippen molar-refractivity contribution in [2.45, 2.75) is 24.0 Å². The van der Waals surface area contributed by atoms with E-state index in [4.69, 9.17) is 24.3 Å². The maximum Gasteiger partial charge on any atom is 0.490 e. The van der Waals surface area contributed by atoms with E-state index < -0.39 is 46.7 Å². The summed E-state index contributed by atoms with van der Waals surface area (Å²) in [6.45, 7) is -0.154. The number of ether oxygens (including phenoxy) is 1. The Labute approximate surface area is 195 Å². The largest absolute Gasteiger partial charge is 0.490 e. The number of carboxylic acid groups (broad SMARTS) is 1. The number of aliphatic carboxylic acids is 1. The fourth-order valence-electron chi connectivity index (χ4n) is 2.41. The number of hydrogen-bond donors (Lipinski definition) is 2. The molecule has 186 valence electrons. The predicted octanol–water partition coefficient (Wildman–Crippen LogP) is 4.48. The number of benzene rings is 1. The van der Waals surface area contributed by atoms with Crippen molar-refractivity contribution in [1.29, 1.82) is 5.26 Å². The Balaban J connectivity index is 0.000000540. The number of fused-ring (bicyclic) bond motifs is 1. The third kappa shape index (κ3) is 7.81. The number of H-pyrrole nitrogens is 1. The Bertz CT molecular complexity index is 1290. The van der Waals surface area contributed by atoms with E-state index >= 15 is 0 Å². The molecule has 8 nitrogen and oxygen atoms in total. The molecule has 0 saturated heterocycles. The van der Waals surface area contributed by atoms with Crippen LogP contribution in [-0.4, -0.2) is 34.0 Å². The second-order valence-electron chi connectivity index (χ2n) is 6.36. The predicted molar refractivity (Wildman–Crippen MR) is 107 cm³/mol. The molecule has 15 heteroatoms. The molecule has 0 atom stereocenters. The monoisotopic (exact) mass is 522 g/mol. The van der Waals surface area contributed by atoms with E-state index in [1.165, 1.54) is 6.07 Å². The van der Waals surface area contributed by atoms with E-state index in [0.29, 0.717) is 29.2 Å². The lowest BCUT2D eigenvalue weighted by molar-refractivity contribution is -0.192. The Morgan fingerprint density at radius 2 is 1.77 bits per heavy atom. The zero-order valence-electron chi connectivity index (χ0n) is 17.0. The van der Waals surface area contributed by atoms with Crippen LogP contribution in [0.5, 0.6) is 0 Å². The number of nitriles is 1. The van der Waals surface area contributed by atoms with Gasteiger partial charge < -0.3 is 19.2 Å². The third-order valence-corrected chi connectivity index (χ3v) is 4.83. The minimum atomic E-state index is -5.08.